The number of benzene rings is 1. The number of hydrogen-bond donors (Lipinski definition) is 1. The third-order valence-corrected chi connectivity index (χ3v) is 3.44. The fourth-order valence-electron chi connectivity index (χ4n) is 1.86. The molecule has 1 aromatic carbocycles. The molecule has 1 aromatic heterocycles. The first kappa shape index (κ1) is 13.3. The number of carbonyl (C=O) groups is 1. The maximum absolute atomic E-state index is 12.2. The number of rotatable bonds is 3. The van der Waals surface area contributed by atoms with E-state index in [2.05, 4.69) is 10.3 Å². The third kappa shape index (κ3) is 2.63. The van der Waals surface area contributed by atoms with Crippen LogP contribution in [0.2, 0.25) is 0 Å². The first-order valence-electron chi connectivity index (χ1n) is 5.94. The van der Waals surface area contributed by atoms with E-state index in [1.807, 2.05) is 0 Å². The lowest BCUT2D eigenvalue weighted by Gasteiger charge is -2.18. The Hall–Kier alpha value is -2.68. The lowest BCUT2D eigenvalue weighted by Crippen LogP contribution is -2.18. The molecule has 1 aliphatic heterocycles. The van der Waals surface area contributed by atoms with Crippen LogP contribution in [0.3, 0.4) is 0 Å². The second kappa shape index (κ2) is 5.37. The Morgan fingerprint density at radius 3 is 2.67 bits per heavy atom. The molecular weight excluding hydrogens is 298 g/mol. The second-order valence-corrected chi connectivity index (χ2v) is 4.96. The van der Waals surface area contributed by atoms with Gasteiger partial charge >= 0.3 is 0 Å². The van der Waals surface area contributed by atoms with Crippen LogP contribution in [-0.4, -0.2) is 29.0 Å². The highest BCUT2D eigenvalue weighted by Crippen LogP contribution is 2.36. The average molecular weight is 307 g/mol. The van der Waals surface area contributed by atoms with E-state index in [-0.39, 0.29) is 17.0 Å². The quantitative estimate of drug-likeness (QED) is 0.687. The Morgan fingerprint density at radius 2 is 2.05 bits per heavy atom. The topological polar surface area (TPSA) is 104 Å². The van der Waals surface area contributed by atoms with Crippen LogP contribution in [0.15, 0.2) is 23.7 Å². The number of anilines is 1. The van der Waals surface area contributed by atoms with Crippen LogP contribution in [0.4, 0.5) is 10.8 Å². The van der Waals surface area contributed by atoms with E-state index in [1.54, 1.807) is 5.38 Å². The largest absolute Gasteiger partial charge is 0.486 e. The molecule has 0 aliphatic carbocycles. The maximum atomic E-state index is 12.2. The van der Waals surface area contributed by atoms with Crippen molar-refractivity contribution in [1.29, 1.82) is 0 Å². The van der Waals surface area contributed by atoms with Crippen molar-refractivity contribution in [3.05, 3.63) is 39.4 Å². The summed E-state index contributed by atoms with van der Waals surface area (Å²) in [6.45, 7) is 0.646. The summed E-state index contributed by atoms with van der Waals surface area (Å²) in [6, 6.07) is 2.51. The van der Waals surface area contributed by atoms with Crippen LogP contribution >= 0.6 is 11.3 Å². The first-order chi connectivity index (χ1) is 10.1. The Morgan fingerprint density at radius 1 is 1.33 bits per heavy atom. The number of aromatic nitrogens is 1. The summed E-state index contributed by atoms with van der Waals surface area (Å²) in [7, 11) is 0. The van der Waals surface area contributed by atoms with Gasteiger partial charge in [0, 0.05) is 17.6 Å². The highest BCUT2D eigenvalue weighted by Gasteiger charge is 2.26. The van der Waals surface area contributed by atoms with Crippen LogP contribution in [0.25, 0.3) is 0 Å². The van der Waals surface area contributed by atoms with Gasteiger partial charge in [0.05, 0.1) is 11.0 Å². The molecule has 8 nitrogen and oxygen atoms in total. The molecule has 0 bridgehead atoms. The molecule has 0 saturated carbocycles. The zero-order chi connectivity index (χ0) is 14.8. The number of amides is 1. The van der Waals surface area contributed by atoms with E-state index >= 15 is 0 Å². The van der Waals surface area contributed by atoms with Gasteiger partial charge in [-0.3, -0.25) is 20.2 Å². The lowest BCUT2D eigenvalue weighted by molar-refractivity contribution is -0.385. The van der Waals surface area contributed by atoms with Crippen molar-refractivity contribution in [3.63, 3.8) is 0 Å². The predicted octanol–water partition coefficient (Wildman–Crippen LogP) is 2.07. The van der Waals surface area contributed by atoms with E-state index in [9.17, 15) is 14.9 Å². The number of ether oxygens (including phenoxy) is 2. The third-order valence-electron chi connectivity index (χ3n) is 2.75. The van der Waals surface area contributed by atoms with Crippen molar-refractivity contribution in [2.75, 3.05) is 18.5 Å². The lowest BCUT2D eigenvalue weighted by atomic mass is 10.1. The molecule has 0 unspecified atom stereocenters. The van der Waals surface area contributed by atoms with Crippen LogP contribution < -0.4 is 14.8 Å². The van der Waals surface area contributed by atoms with Crippen LogP contribution in [0, 0.1) is 10.1 Å². The SMILES string of the molecule is O=C(Nc1nccs1)c1cc2c(cc1[N+](=O)[O-])OCCO2. The fraction of sp³-hybridized carbons (Fsp3) is 0.167. The van der Waals surface area contributed by atoms with Gasteiger partial charge in [-0.05, 0) is 0 Å². The van der Waals surface area contributed by atoms with Gasteiger partial charge in [-0.1, -0.05) is 0 Å². The van der Waals surface area contributed by atoms with E-state index in [0.29, 0.717) is 24.1 Å². The van der Waals surface area contributed by atoms with Crippen LogP contribution in [-0.2, 0) is 0 Å². The highest BCUT2D eigenvalue weighted by molar-refractivity contribution is 7.13. The van der Waals surface area contributed by atoms with Gasteiger partial charge in [-0.15, -0.1) is 11.3 Å². The van der Waals surface area contributed by atoms with Gasteiger partial charge in [0.15, 0.2) is 16.6 Å². The Balaban J connectivity index is 1.99. The number of nitro benzene ring substituents is 1. The minimum Gasteiger partial charge on any atom is -0.486 e. The zero-order valence-corrected chi connectivity index (χ0v) is 11.4. The molecule has 3 rings (SSSR count). The van der Waals surface area contributed by atoms with Gasteiger partial charge in [-0.25, -0.2) is 4.98 Å². The number of fused-ring (bicyclic) bond motifs is 1. The summed E-state index contributed by atoms with van der Waals surface area (Å²) in [4.78, 5) is 26.6. The summed E-state index contributed by atoms with van der Waals surface area (Å²) in [5.41, 5.74) is -0.437. The number of thiazole rings is 1. The molecule has 0 radical (unpaired) electrons. The monoisotopic (exact) mass is 307 g/mol. The summed E-state index contributed by atoms with van der Waals surface area (Å²) in [6.07, 6.45) is 1.53. The number of nitrogens with zero attached hydrogens (tertiary/aromatic N) is 2. The molecule has 1 aliphatic rings. The van der Waals surface area contributed by atoms with Gasteiger partial charge < -0.3 is 9.47 Å². The van der Waals surface area contributed by atoms with Gasteiger partial charge in [0.1, 0.15) is 18.8 Å². The van der Waals surface area contributed by atoms with Crippen LogP contribution in [0.5, 0.6) is 11.5 Å². The van der Waals surface area contributed by atoms with Crippen molar-refractivity contribution < 1.29 is 19.2 Å². The van der Waals surface area contributed by atoms with Gasteiger partial charge in [0.2, 0.25) is 0 Å². The summed E-state index contributed by atoms with van der Waals surface area (Å²) in [5, 5.41) is 15.7. The maximum Gasteiger partial charge on any atom is 0.286 e. The average Bonchev–Trinajstić information content (AvgIpc) is 2.98. The predicted molar refractivity (Wildman–Crippen MR) is 74.2 cm³/mol. The van der Waals surface area contributed by atoms with Crippen molar-refractivity contribution in [1.82, 2.24) is 4.98 Å². The van der Waals surface area contributed by atoms with Crippen molar-refractivity contribution >= 4 is 28.1 Å². The standard InChI is InChI=1S/C12H9N3O5S/c16-11(14-12-13-1-4-21-12)7-5-9-10(20-3-2-19-9)6-8(7)15(17)18/h1,4-6H,2-3H2,(H,13,14,16). The van der Waals surface area contributed by atoms with E-state index < -0.39 is 10.8 Å². The number of nitrogens with one attached hydrogen (secondary N) is 1. The molecule has 108 valence electrons. The normalized spacial score (nSPS) is 12.8. The Labute approximate surface area is 122 Å². The van der Waals surface area contributed by atoms with E-state index in [1.165, 1.54) is 29.7 Å². The van der Waals surface area contributed by atoms with Crippen molar-refractivity contribution in [2.45, 2.75) is 0 Å². The van der Waals surface area contributed by atoms with Crippen molar-refractivity contribution in [3.8, 4) is 11.5 Å². The van der Waals surface area contributed by atoms with E-state index in [0.717, 1.165) is 0 Å². The highest BCUT2D eigenvalue weighted by atomic mass is 32.1. The van der Waals surface area contributed by atoms with Crippen molar-refractivity contribution in [2.24, 2.45) is 0 Å². The van der Waals surface area contributed by atoms with Gasteiger partial charge in [-0.2, -0.15) is 0 Å². The zero-order valence-electron chi connectivity index (χ0n) is 10.6. The fourth-order valence-corrected chi connectivity index (χ4v) is 2.38. The molecule has 21 heavy (non-hydrogen) atoms. The Bertz CT molecular complexity index is 701. The summed E-state index contributed by atoms with van der Waals surface area (Å²) >= 11 is 1.22. The number of nitro groups is 1. The first-order valence-corrected chi connectivity index (χ1v) is 6.82. The molecule has 1 amide bonds. The second-order valence-electron chi connectivity index (χ2n) is 4.06. The molecule has 1 N–H and O–H groups in total. The van der Waals surface area contributed by atoms with Gasteiger partial charge in [0.25, 0.3) is 11.6 Å². The molecular formula is C12H9N3O5S. The summed E-state index contributed by atoms with van der Waals surface area (Å²) < 4.78 is 10.6. The minimum atomic E-state index is -0.630. The minimum absolute atomic E-state index is 0.0977. The number of hydrogen-bond acceptors (Lipinski definition) is 7. The molecule has 0 spiro atoms. The molecule has 0 saturated heterocycles. The summed E-state index contributed by atoms with van der Waals surface area (Å²) in [5.74, 6) is -0.0384. The van der Waals surface area contributed by atoms with Crippen LogP contribution in [0.1, 0.15) is 10.4 Å². The smallest absolute Gasteiger partial charge is 0.286 e. The molecule has 0 fully saturated rings. The molecule has 2 heterocycles. The molecule has 0 atom stereocenters. The Kier molecular flexibility index (Phi) is 3.40. The molecule has 9 heteroatoms. The number of carbonyl (C=O) groups excluding carboxylic acids is 1. The molecule has 2 aromatic rings. The van der Waals surface area contributed by atoms with E-state index in [4.69, 9.17) is 9.47 Å².